The lowest BCUT2D eigenvalue weighted by atomic mass is 9.62. The van der Waals surface area contributed by atoms with E-state index in [0.29, 0.717) is 17.3 Å². The summed E-state index contributed by atoms with van der Waals surface area (Å²) in [6.45, 7) is 3.13. The quantitative estimate of drug-likeness (QED) is 0.530. The molecule has 4 fully saturated rings. The van der Waals surface area contributed by atoms with E-state index in [1.807, 2.05) is 4.90 Å². The van der Waals surface area contributed by atoms with Gasteiger partial charge in [0.2, 0.25) is 0 Å². The molecule has 4 rings (SSSR count). The summed E-state index contributed by atoms with van der Waals surface area (Å²) in [6.07, 6.45) is 12.4. The number of rotatable bonds is 6. The second-order valence-electron chi connectivity index (χ2n) is 11.1. The molecular formula is C26H40F3NO2. The van der Waals surface area contributed by atoms with Crippen LogP contribution in [0.5, 0.6) is 0 Å². The Morgan fingerprint density at radius 1 is 1.12 bits per heavy atom. The molecule has 4 atom stereocenters. The fourth-order valence-corrected chi connectivity index (χ4v) is 7.09. The van der Waals surface area contributed by atoms with Gasteiger partial charge >= 0.3 is 6.18 Å². The van der Waals surface area contributed by atoms with Crippen LogP contribution >= 0.6 is 0 Å². The van der Waals surface area contributed by atoms with Crippen molar-refractivity contribution >= 4 is 0 Å². The van der Waals surface area contributed by atoms with Gasteiger partial charge in [-0.05, 0) is 94.4 Å². The van der Waals surface area contributed by atoms with Gasteiger partial charge in [0, 0.05) is 20.2 Å². The molecular weight excluding hydrogens is 415 g/mol. The van der Waals surface area contributed by atoms with Crippen molar-refractivity contribution < 1.29 is 23.0 Å². The largest absolute Gasteiger partial charge is 0.419 e. The minimum atomic E-state index is -4.29. The van der Waals surface area contributed by atoms with Crippen molar-refractivity contribution in [3.8, 4) is 0 Å². The molecule has 3 saturated carbocycles. The predicted octanol–water partition coefficient (Wildman–Crippen LogP) is 6.03. The lowest BCUT2D eigenvalue weighted by molar-refractivity contribution is -0.310. The molecule has 32 heavy (non-hydrogen) atoms. The third kappa shape index (κ3) is 4.69. The molecule has 0 aromatic rings. The van der Waals surface area contributed by atoms with Gasteiger partial charge in [0.25, 0.3) is 0 Å². The van der Waals surface area contributed by atoms with Crippen LogP contribution in [-0.2, 0) is 4.74 Å². The number of allylic oxidation sites excluding steroid dienone is 3. The third-order valence-electron chi connectivity index (χ3n) is 9.12. The maximum atomic E-state index is 13.2. The van der Waals surface area contributed by atoms with E-state index in [1.165, 1.54) is 44.8 Å². The number of ether oxygens (including phenoxy) is 1. The minimum Gasteiger partial charge on any atom is -0.393 e. The molecule has 182 valence electrons. The highest BCUT2D eigenvalue weighted by Crippen LogP contribution is 2.58. The Balaban J connectivity index is 1.30. The van der Waals surface area contributed by atoms with Gasteiger partial charge in [-0.15, -0.1) is 0 Å². The lowest BCUT2D eigenvalue weighted by Gasteiger charge is -2.49. The van der Waals surface area contributed by atoms with Crippen LogP contribution in [0.2, 0.25) is 0 Å². The average molecular weight is 456 g/mol. The van der Waals surface area contributed by atoms with E-state index in [4.69, 9.17) is 4.74 Å². The Morgan fingerprint density at radius 3 is 2.59 bits per heavy atom. The molecule has 0 aromatic heterocycles. The van der Waals surface area contributed by atoms with Gasteiger partial charge in [-0.1, -0.05) is 30.2 Å². The molecule has 4 unspecified atom stereocenters. The van der Waals surface area contributed by atoms with Gasteiger partial charge in [-0.25, -0.2) is 0 Å². The Bertz CT molecular complexity index is 725. The number of methoxy groups -OCH3 is 1. The number of aliphatic hydroxyl groups excluding tert-OH is 1. The summed E-state index contributed by atoms with van der Waals surface area (Å²) in [5, 5.41) is 9.94. The van der Waals surface area contributed by atoms with E-state index in [0.717, 1.165) is 45.1 Å². The zero-order valence-electron chi connectivity index (χ0n) is 19.7. The van der Waals surface area contributed by atoms with Crippen LogP contribution in [-0.4, -0.2) is 54.6 Å². The number of likely N-dealkylation sites (tertiary alicyclic amines) is 1. The van der Waals surface area contributed by atoms with E-state index in [-0.39, 0.29) is 19.2 Å². The first-order valence-electron chi connectivity index (χ1n) is 12.6. The van der Waals surface area contributed by atoms with E-state index >= 15 is 0 Å². The van der Waals surface area contributed by atoms with Gasteiger partial charge in [0.15, 0.2) is 5.60 Å². The lowest BCUT2D eigenvalue weighted by Crippen LogP contribution is -2.70. The van der Waals surface area contributed by atoms with Gasteiger partial charge in [0.05, 0.1) is 6.10 Å². The molecule has 0 bridgehead atoms. The number of nitrogens with zero attached hydrogens (tertiary/aromatic N) is 1. The number of hydrogen-bond donors (Lipinski definition) is 1. The highest BCUT2D eigenvalue weighted by molar-refractivity contribution is 5.25. The molecule has 1 aliphatic heterocycles. The zero-order chi connectivity index (χ0) is 23.0. The minimum absolute atomic E-state index is 0.0339. The topological polar surface area (TPSA) is 32.7 Å². The maximum absolute atomic E-state index is 13.2. The van der Waals surface area contributed by atoms with Crippen LogP contribution in [0.3, 0.4) is 0 Å². The van der Waals surface area contributed by atoms with E-state index in [9.17, 15) is 18.3 Å². The third-order valence-corrected chi connectivity index (χ3v) is 9.12. The Kier molecular flexibility index (Phi) is 7.15. The highest BCUT2D eigenvalue weighted by atomic mass is 19.4. The van der Waals surface area contributed by atoms with Crippen LogP contribution in [0, 0.1) is 17.3 Å². The average Bonchev–Trinajstić information content (AvgIpc) is 3.04. The zero-order valence-corrected chi connectivity index (χ0v) is 19.7. The summed E-state index contributed by atoms with van der Waals surface area (Å²) in [5.41, 5.74) is 1.35. The molecule has 0 radical (unpaired) electrons. The first-order valence-corrected chi connectivity index (χ1v) is 12.6. The van der Waals surface area contributed by atoms with Gasteiger partial charge in [0.1, 0.15) is 0 Å². The molecule has 0 spiro atoms. The molecule has 0 amide bonds. The summed E-state index contributed by atoms with van der Waals surface area (Å²) in [6, 6.07) is 0. The molecule has 6 heteroatoms. The Hall–Kier alpha value is -0.850. The van der Waals surface area contributed by atoms with Gasteiger partial charge < -0.3 is 9.84 Å². The smallest absolute Gasteiger partial charge is 0.393 e. The molecule has 1 saturated heterocycles. The summed E-state index contributed by atoms with van der Waals surface area (Å²) in [5.74, 6) is 1.30. The summed E-state index contributed by atoms with van der Waals surface area (Å²) in [4.78, 5) is 1.89. The number of hydrogen-bond acceptors (Lipinski definition) is 3. The van der Waals surface area contributed by atoms with Crippen molar-refractivity contribution in [1.82, 2.24) is 4.90 Å². The number of alkyl halides is 3. The summed E-state index contributed by atoms with van der Waals surface area (Å²) in [7, 11) is 1.17. The van der Waals surface area contributed by atoms with E-state index in [2.05, 4.69) is 19.1 Å². The summed E-state index contributed by atoms with van der Waals surface area (Å²) >= 11 is 0. The molecule has 4 aliphatic rings. The molecule has 1 heterocycles. The van der Waals surface area contributed by atoms with Crippen molar-refractivity contribution in [2.24, 2.45) is 17.3 Å². The highest BCUT2D eigenvalue weighted by Gasteiger charge is 2.62. The van der Waals surface area contributed by atoms with Crippen LogP contribution in [0.1, 0.15) is 77.6 Å². The van der Waals surface area contributed by atoms with Crippen molar-refractivity contribution in [3.63, 3.8) is 0 Å². The fourth-order valence-electron chi connectivity index (χ4n) is 7.09. The second kappa shape index (κ2) is 9.42. The van der Waals surface area contributed by atoms with E-state index < -0.39 is 11.8 Å². The number of aliphatic hydroxyl groups is 1. The fraction of sp³-hybridized carbons (Fsp3) is 0.846. The van der Waals surface area contributed by atoms with Crippen molar-refractivity contribution in [1.29, 1.82) is 0 Å². The predicted molar refractivity (Wildman–Crippen MR) is 120 cm³/mol. The molecule has 1 N–H and O–H groups in total. The van der Waals surface area contributed by atoms with E-state index in [1.54, 1.807) is 5.57 Å². The van der Waals surface area contributed by atoms with Crippen LogP contribution < -0.4 is 0 Å². The molecule has 3 aliphatic carbocycles. The van der Waals surface area contributed by atoms with Crippen LogP contribution in [0.25, 0.3) is 0 Å². The van der Waals surface area contributed by atoms with Gasteiger partial charge in [-0.3, -0.25) is 4.90 Å². The van der Waals surface area contributed by atoms with Crippen molar-refractivity contribution in [3.05, 3.63) is 23.3 Å². The number of halogens is 3. The maximum Gasteiger partial charge on any atom is 0.419 e. The first-order chi connectivity index (χ1) is 15.2. The SMILES string of the molecule is COC1(C(F)(F)F)CN(CCCC2CCC3/C(=C/C=C4/CCCC(O)C4)CCCC23C)C1. The van der Waals surface area contributed by atoms with Crippen molar-refractivity contribution in [2.45, 2.75) is 95.4 Å². The van der Waals surface area contributed by atoms with Crippen molar-refractivity contribution in [2.75, 3.05) is 26.7 Å². The normalized spacial score (nSPS) is 38.1. The Morgan fingerprint density at radius 2 is 1.91 bits per heavy atom. The second-order valence-corrected chi connectivity index (χ2v) is 11.1. The molecule has 0 aromatic carbocycles. The standard InChI is InChI=1S/C26H40F3NO2/c1-24-14-4-7-20(11-10-19-6-3-9-22(31)16-19)23(24)13-12-21(24)8-5-15-30-17-25(18-30,32-2)26(27,28)29/h10-11,21-23,31H,3-9,12-18H2,1-2H3/b19-10-,20-11+. The number of fused-ring (bicyclic) bond motifs is 1. The monoisotopic (exact) mass is 455 g/mol. The molecule has 3 nitrogen and oxygen atoms in total. The van der Waals surface area contributed by atoms with Gasteiger partial charge in [-0.2, -0.15) is 13.2 Å². The van der Waals surface area contributed by atoms with Crippen LogP contribution in [0.15, 0.2) is 23.3 Å². The van der Waals surface area contributed by atoms with Crippen LogP contribution in [0.4, 0.5) is 13.2 Å². The first kappa shape index (κ1) is 24.3. The Labute approximate surface area is 191 Å². The summed E-state index contributed by atoms with van der Waals surface area (Å²) < 4.78 is 44.4.